The summed E-state index contributed by atoms with van der Waals surface area (Å²) in [4.78, 5) is 24.1. The lowest BCUT2D eigenvalue weighted by Gasteiger charge is -2.27. The number of nitrogens with zero attached hydrogens (tertiary/aromatic N) is 1. The summed E-state index contributed by atoms with van der Waals surface area (Å²) < 4.78 is 19.5. The largest absolute Gasteiger partial charge is 0.481 e. The zero-order valence-corrected chi connectivity index (χ0v) is 10.0. The van der Waals surface area contributed by atoms with Crippen LogP contribution in [0.25, 0.3) is 0 Å². The fourth-order valence-electron chi connectivity index (χ4n) is 2.99. The van der Waals surface area contributed by atoms with Crippen LogP contribution in [-0.4, -0.2) is 47.4 Å². The first kappa shape index (κ1) is 12.9. The number of carboxylic acids is 1. The Hall–Kier alpha value is -1.59. The van der Waals surface area contributed by atoms with E-state index in [0.29, 0.717) is 6.42 Å². The summed E-state index contributed by atoms with van der Waals surface area (Å²) >= 11 is 0. The number of alkyl halides is 1. The lowest BCUT2D eigenvalue weighted by atomic mass is 9.78. The van der Waals surface area contributed by atoms with Crippen molar-refractivity contribution >= 4 is 12.1 Å². The fourth-order valence-corrected chi connectivity index (χ4v) is 2.99. The van der Waals surface area contributed by atoms with Crippen molar-refractivity contribution in [1.29, 1.82) is 0 Å². The molecule has 2 atom stereocenters. The van der Waals surface area contributed by atoms with Gasteiger partial charge >= 0.3 is 12.1 Å². The molecule has 6 heteroatoms. The van der Waals surface area contributed by atoms with E-state index in [2.05, 4.69) is 6.58 Å². The minimum Gasteiger partial charge on any atom is -0.481 e. The lowest BCUT2D eigenvalue weighted by molar-refractivity contribution is -0.153. The number of hydrogen-bond donors (Lipinski definition) is 1. The van der Waals surface area contributed by atoms with Gasteiger partial charge in [0, 0.05) is 6.54 Å². The Bertz CT molecular complexity index is 400. The molecule has 0 aromatic heterocycles. The van der Waals surface area contributed by atoms with Crippen LogP contribution in [0.1, 0.15) is 19.3 Å². The van der Waals surface area contributed by atoms with Gasteiger partial charge in [-0.1, -0.05) is 12.7 Å². The molecule has 1 amide bonds. The molecule has 0 bridgehead atoms. The Kier molecular flexibility index (Phi) is 3.04. The van der Waals surface area contributed by atoms with Crippen LogP contribution in [-0.2, 0) is 9.53 Å². The van der Waals surface area contributed by atoms with Crippen molar-refractivity contribution in [3.05, 3.63) is 12.7 Å². The number of hydrogen-bond acceptors (Lipinski definition) is 3. The van der Waals surface area contributed by atoms with Gasteiger partial charge in [0.25, 0.3) is 0 Å². The molecule has 100 valence electrons. The average Bonchev–Trinajstić information content (AvgIpc) is 2.77. The molecule has 5 nitrogen and oxygen atoms in total. The van der Waals surface area contributed by atoms with E-state index in [4.69, 9.17) is 4.74 Å². The lowest BCUT2D eigenvalue weighted by Crippen LogP contribution is -2.45. The third-order valence-corrected chi connectivity index (χ3v) is 3.93. The second-order valence-electron chi connectivity index (χ2n) is 4.93. The van der Waals surface area contributed by atoms with E-state index >= 15 is 0 Å². The van der Waals surface area contributed by atoms with Crippen LogP contribution in [0.2, 0.25) is 0 Å². The average molecular weight is 257 g/mol. The molecule has 1 heterocycles. The molecule has 2 aliphatic rings. The van der Waals surface area contributed by atoms with Crippen LogP contribution in [0, 0.1) is 5.41 Å². The molecule has 1 saturated heterocycles. The highest BCUT2D eigenvalue weighted by Crippen LogP contribution is 2.54. The zero-order valence-electron chi connectivity index (χ0n) is 10.0. The molecule has 18 heavy (non-hydrogen) atoms. The predicted octanol–water partition coefficient (Wildman–Crippen LogP) is 1.59. The van der Waals surface area contributed by atoms with Crippen LogP contribution in [0.5, 0.6) is 0 Å². The van der Waals surface area contributed by atoms with E-state index in [1.807, 2.05) is 0 Å². The van der Waals surface area contributed by atoms with Gasteiger partial charge < -0.3 is 14.7 Å². The van der Waals surface area contributed by atoms with Gasteiger partial charge in [0.1, 0.15) is 17.7 Å². The van der Waals surface area contributed by atoms with Gasteiger partial charge in [-0.3, -0.25) is 4.79 Å². The molecule has 1 aliphatic carbocycles. The minimum absolute atomic E-state index is 0.0364. The molecular formula is C12H16FNO4. The molecule has 0 spiro atoms. The van der Waals surface area contributed by atoms with Gasteiger partial charge in [0.2, 0.25) is 0 Å². The SMILES string of the molecule is C=CCOC(=O)N1C[C@]2(F)CCC[C@]2(C(=O)O)C1. The Labute approximate surface area is 104 Å². The quantitative estimate of drug-likeness (QED) is 0.780. The van der Waals surface area contributed by atoms with Crippen LogP contribution in [0.15, 0.2) is 12.7 Å². The van der Waals surface area contributed by atoms with Crippen LogP contribution in [0.3, 0.4) is 0 Å². The Morgan fingerprint density at radius 3 is 2.72 bits per heavy atom. The third kappa shape index (κ3) is 1.67. The molecule has 2 fully saturated rings. The van der Waals surface area contributed by atoms with Gasteiger partial charge in [-0.2, -0.15) is 0 Å². The van der Waals surface area contributed by atoms with Crippen molar-refractivity contribution in [2.75, 3.05) is 19.7 Å². The van der Waals surface area contributed by atoms with E-state index in [-0.39, 0.29) is 32.5 Å². The van der Waals surface area contributed by atoms with Gasteiger partial charge in [0.05, 0.1) is 6.54 Å². The number of carbonyl (C=O) groups excluding carboxylic acids is 1. The predicted molar refractivity (Wildman–Crippen MR) is 60.9 cm³/mol. The van der Waals surface area contributed by atoms with Crippen molar-refractivity contribution in [1.82, 2.24) is 4.90 Å². The van der Waals surface area contributed by atoms with Crippen LogP contribution in [0.4, 0.5) is 9.18 Å². The maximum Gasteiger partial charge on any atom is 0.410 e. The van der Waals surface area contributed by atoms with E-state index in [1.54, 1.807) is 0 Å². The standard InChI is InChI=1S/C12H16FNO4/c1-2-6-18-10(17)14-7-11(9(15)16)4-3-5-12(11,13)8-14/h2H,1,3-8H2,(H,15,16)/t11-,12-/m1/s1. The highest BCUT2D eigenvalue weighted by atomic mass is 19.1. The maximum absolute atomic E-state index is 14.7. The Balaban J connectivity index is 2.16. The Morgan fingerprint density at radius 2 is 2.17 bits per heavy atom. The van der Waals surface area contributed by atoms with E-state index in [1.165, 1.54) is 6.08 Å². The molecule has 0 aromatic carbocycles. The maximum atomic E-state index is 14.7. The van der Waals surface area contributed by atoms with Gasteiger partial charge in [-0.05, 0) is 19.3 Å². The summed E-state index contributed by atoms with van der Waals surface area (Å²) in [5, 5.41) is 9.28. The molecule has 0 unspecified atom stereocenters. The highest BCUT2D eigenvalue weighted by molar-refractivity contribution is 5.80. The van der Waals surface area contributed by atoms with Crippen molar-refractivity contribution in [3.8, 4) is 0 Å². The first-order valence-electron chi connectivity index (χ1n) is 5.90. The topological polar surface area (TPSA) is 66.8 Å². The molecule has 0 radical (unpaired) electrons. The minimum atomic E-state index is -1.83. The molecular weight excluding hydrogens is 241 g/mol. The van der Waals surface area contributed by atoms with Gasteiger partial charge in [-0.15, -0.1) is 0 Å². The summed E-state index contributed by atoms with van der Waals surface area (Å²) in [7, 11) is 0. The van der Waals surface area contributed by atoms with E-state index < -0.39 is 23.1 Å². The molecule has 1 aliphatic heterocycles. The first-order chi connectivity index (χ1) is 8.45. The number of ether oxygens (including phenoxy) is 1. The van der Waals surface area contributed by atoms with Crippen molar-refractivity contribution in [3.63, 3.8) is 0 Å². The molecule has 2 rings (SSSR count). The van der Waals surface area contributed by atoms with Crippen molar-refractivity contribution < 1.29 is 23.8 Å². The number of amides is 1. The molecule has 0 aromatic rings. The summed E-state index contributed by atoms with van der Waals surface area (Å²) in [6, 6.07) is 0. The number of carboxylic acid groups (broad SMARTS) is 1. The summed E-state index contributed by atoms with van der Waals surface area (Å²) in [5.74, 6) is -1.17. The van der Waals surface area contributed by atoms with E-state index in [0.717, 1.165) is 4.90 Å². The number of rotatable bonds is 3. The third-order valence-electron chi connectivity index (χ3n) is 3.93. The number of halogens is 1. The van der Waals surface area contributed by atoms with Crippen LogP contribution < -0.4 is 0 Å². The summed E-state index contributed by atoms with van der Waals surface area (Å²) in [6.45, 7) is 3.13. The van der Waals surface area contributed by atoms with E-state index in [9.17, 15) is 19.1 Å². The second-order valence-corrected chi connectivity index (χ2v) is 4.93. The van der Waals surface area contributed by atoms with Crippen molar-refractivity contribution in [2.24, 2.45) is 5.41 Å². The fraction of sp³-hybridized carbons (Fsp3) is 0.667. The highest BCUT2D eigenvalue weighted by Gasteiger charge is 2.67. The van der Waals surface area contributed by atoms with Crippen molar-refractivity contribution in [2.45, 2.75) is 24.9 Å². The summed E-state index contributed by atoms with van der Waals surface area (Å²) in [5.41, 5.74) is -3.29. The number of aliphatic carboxylic acids is 1. The second kappa shape index (κ2) is 4.26. The first-order valence-corrected chi connectivity index (χ1v) is 5.90. The number of likely N-dealkylation sites (tertiary alicyclic amines) is 1. The molecule has 1 saturated carbocycles. The normalized spacial score (nSPS) is 34.2. The summed E-state index contributed by atoms with van der Waals surface area (Å²) in [6.07, 6.45) is 1.72. The monoisotopic (exact) mass is 257 g/mol. The van der Waals surface area contributed by atoms with Crippen LogP contribution >= 0.6 is 0 Å². The van der Waals surface area contributed by atoms with Gasteiger partial charge in [-0.25, -0.2) is 9.18 Å². The van der Waals surface area contributed by atoms with Gasteiger partial charge in [0.15, 0.2) is 0 Å². The Morgan fingerprint density at radius 1 is 1.44 bits per heavy atom. The number of carbonyl (C=O) groups is 2. The smallest absolute Gasteiger partial charge is 0.410 e. The molecule has 1 N–H and O–H groups in total. The number of fused-ring (bicyclic) bond motifs is 1. The zero-order chi connectivity index (χ0) is 13.4.